The predicted octanol–water partition coefficient (Wildman–Crippen LogP) is 4.00. The van der Waals surface area contributed by atoms with Crippen LogP contribution in [0.25, 0.3) is 17.3 Å². The summed E-state index contributed by atoms with van der Waals surface area (Å²) >= 11 is 7.11. The molecule has 0 aliphatic carbocycles. The summed E-state index contributed by atoms with van der Waals surface area (Å²) in [6.07, 6.45) is 1.76. The van der Waals surface area contributed by atoms with Crippen molar-refractivity contribution >= 4 is 46.2 Å². The standard InChI is InChI=1S/C26H18ClN3O2S/c1-17-10-12-18(13-11-17)14-23-25(32)30(21-8-3-2-4-9-21)26(33-23)22(16-28)24(31)29-20-7-5-6-19(27)15-20/h2-15H,1H3,(H,29,31)/b23-14+,26-22+. The van der Waals surface area contributed by atoms with E-state index in [1.165, 1.54) is 4.57 Å². The van der Waals surface area contributed by atoms with E-state index in [0.29, 0.717) is 20.9 Å². The maximum absolute atomic E-state index is 13.4. The first-order valence-corrected chi connectivity index (χ1v) is 11.2. The van der Waals surface area contributed by atoms with Gasteiger partial charge in [0, 0.05) is 10.7 Å². The molecule has 0 aliphatic rings. The normalized spacial score (nSPS) is 12.2. The Hall–Kier alpha value is -3.92. The number of carbonyl (C=O) groups excluding carboxylic acids is 1. The number of hydrogen-bond donors (Lipinski definition) is 1. The number of anilines is 1. The molecule has 1 heterocycles. The lowest BCUT2D eigenvalue weighted by molar-refractivity contribution is -0.111. The summed E-state index contributed by atoms with van der Waals surface area (Å²) in [7, 11) is 0. The van der Waals surface area contributed by atoms with Crippen LogP contribution in [-0.4, -0.2) is 10.5 Å². The Morgan fingerprint density at radius 1 is 1.06 bits per heavy atom. The van der Waals surface area contributed by atoms with E-state index in [2.05, 4.69) is 5.32 Å². The number of halogens is 1. The number of thiazole rings is 1. The molecular weight excluding hydrogens is 454 g/mol. The third-order valence-electron chi connectivity index (χ3n) is 4.85. The molecule has 3 aromatic carbocycles. The summed E-state index contributed by atoms with van der Waals surface area (Å²) in [5.74, 6) is -0.618. The Bertz CT molecular complexity index is 1550. The van der Waals surface area contributed by atoms with Gasteiger partial charge < -0.3 is 5.32 Å². The van der Waals surface area contributed by atoms with Crippen LogP contribution in [0.1, 0.15) is 11.1 Å². The van der Waals surface area contributed by atoms with Gasteiger partial charge in [0.05, 0.1) is 10.2 Å². The maximum atomic E-state index is 13.4. The predicted molar refractivity (Wildman–Crippen MR) is 133 cm³/mol. The largest absolute Gasteiger partial charge is 0.321 e. The topological polar surface area (TPSA) is 74.9 Å². The van der Waals surface area contributed by atoms with Gasteiger partial charge in [0.2, 0.25) is 0 Å². The number of benzene rings is 3. The van der Waals surface area contributed by atoms with Crippen molar-refractivity contribution < 1.29 is 4.79 Å². The van der Waals surface area contributed by atoms with Crippen LogP contribution in [0.3, 0.4) is 0 Å². The summed E-state index contributed by atoms with van der Waals surface area (Å²) in [6.45, 7) is 1.99. The number of carbonyl (C=O) groups is 1. The molecule has 33 heavy (non-hydrogen) atoms. The highest BCUT2D eigenvalue weighted by atomic mass is 35.5. The van der Waals surface area contributed by atoms with Crippen LogP contribution in [-0.2, 0) is 4.79 Å². The molecule has 0 bridgehead atoms. The number of nitriles is 1. The van der Waals surface area contributed by atoms with E-state index in [0.717, 1.165) is 22.5 Å². The van der Waals surface area contributed by atoms with E-state index in [9.17, 15) is 14.9 Å². The van der Waals surface area contributed by atoms with E-state index in [4.69, 9.17) is 11.6 Å². The Morgan fingerprint density at radius 3 is 2.45 bits per heavy atom. The smallest absolute Gasteiger partial charge is 0.273 e. The van der Waals surface area contributed by atoms with Crippen molar-refractivity contribution in [3.8, 4) is 11.8 Å². The van der Waals surface area contributed by atoms with Gasteiger partial charge in [-0.1, -0.05) is 65.7 Å². The fourth-order valence-corrected chi connectivity index (χ4v) is 4.52. The van der Waals surface area contributed by atoms with Crippen LogP contribution in [0.2, 0.25) is 5.02 Å². The van der Waals surface area contributed by atoms with E-state index in [-0.39, 0.29) is 15.8 Å². The molecule has 0 aliphatic heterocycles. The van der Waals surface area contributed by atoms with Crippen molar-refractivity contribution in [3.05, 3.63) is 115 Å². The summed E-state index contributed by atoms with van der Waals surface area (Å²) in [4.78, 5) is 26.4. The molecular formula is C26H18ClN3O2S. The number of nitrogens with zero attached hydrogens (tertiary/aromatic N) is 2. The van der Waals surface area contributed by atoms with Gasteiger partial charge in [-0.2, -0.15) is 5.26 Å². The van der Waals surface area contributed by atoms with E-state index >= 15 is 0 Å². The minimum Gasteiger partial charge on any atom is -0.321 e. The van der Waals surface area contributed by atoms with Gasteiger partial charge in [-0.3, -0.25) is 14.2 Å². The second-order valence-corrected chi connectivity index (χ2v) is 8.72. The molecule has 0 radical (unpaired) electrons. The number of aromatic nitrogens is 1. The van der Waals surface area contributed by atoms with Crippen molar-refractivity contribution in [3.63, 3.8) is 0 Å². The average Bonchev–Trinajstić information content (AvgIpc) is 3.12. The molecule has 0 atom stereocenters. The molecule has 4 aromatic rings. The summed E-state index contributed by atoms with van der Waals surface area (Å²) in [5, 5.41) is 13.0. The quantitative estimate of drug-likeness (QED) is 0.488. The monoisotopic (exact) mass is 471 g/mol. The van der Waals surface area contributed by atoms with Crippen LogP contribution >= 0.6 is 22.9 Å². The second kappa shape index (κ2) is 9.70. The van der Waals surface area contributed by atoms with E-state index in [1.54, 1.807) is 54.6 Å². The summed E-state index contributed by atoms with van der Waals surface area (Å²) < 4.78 is 2.08. The molecule has 7 heteroatoms. The van der Waals surface area contributed by atoms with Gasteiger partial charge in [0.25, 0.3) is 11.5 Å². The lowest BCUT2D eigenvalue weighted by Gasteiger charge is -2.06. The lowest BCUT2D eigenvalue weighted by Crippen LogP contribution is -2.32. The zero-order chi connectivity index (χ0) is 23.4. The molecule has 0 fully saturated rings. The molecule has 1 N–H and O–H groups in total. The SMILES string of the molecule is Cc1ccc(/C=c2/s/c(=C(\C#N)C(=O)Nc3cccc(Cl)c3)n(-c3ccccc3)c2=O)cc1. The molecule has 4 rings (SSSR count). The zero-order valence-corrected chi connectivity index (χ0v) is 19.2. The molecule has 1 amide bonds. The van der Waals surface area contributed by atoms with Crippen LogP contribution in [0, 0.1) is 18.3 Å². The lowest BCUT2D eigenvalue weighted by atomic mass is 10.1. The van der Waals surface area contributed by atoms with Crippen molar-refractivity contribution in [2.24, 2.45) is 0 Å². The van der Waals surface area contributed by atoms with Crippen molar-refractivity contribution in [2.45, 2.75) is 6.92 Å². The number of nitrogens with one attached hydrogen (secondary N) is 1. The number of amides is 1. The van der Waals surface area contributed by atoms with E-state index < -0.39 is 5.91 Å². The second-order valence-electron chi connectivity index (χ2n) is 7.25. The molecule has 0 saturated heterocycles. The third kappa shape index (κ3) is 4.96. The Balaban J connectivity index is 1.94. The minimum atomic E-state index is -0.618. The number of para-hydroxylation sites is 1. The number of aryl methyl sites for hydroxylation is 1. The highest BCUT2D eigenvalue weighted by Crippen LogP contribution is 2.16. The van der Waals surface area contributed by atoms with Gasteiger partial charge in [-0.25, -0.2) is 0 Å². The van der Waals surface area contributed by atoms with Gasteiger partial charge >= 0.3 is 0 Å². The molecule has 0 saturated carbocycles. The third-order valence-corrected chi connectivity index (χ3v) is 6.18. The van der Waals surface area contributed by atoms with Crippen molar-refractivity contribution in [1.82, 2.24) is 4.57 Å². The van der Waals surface area contributed by atoms with Crippen LogP contribution in [0.15, 0.2) is 83.7 Å². The van der Waals surface area contributed by atoms with Crippen molar-refractivity contribution in [1.29, 1.82) is 5.26 Å². The van der Waals surface area contributed by atoms with Crippen LogP contribution in [0.5, 0.6) is 0 Å². The molecule has 5 nitrogen and oxygen atoms in total. The van der Waals surface area contributed by atoms with Crippen LogP contribution in [0.4, 0.5) is 5.69 Å². The minimum absolute atomic E-state index is 0.163. The molecule has 1 aromatic heterocycles. The highest BCUT2D eigenvalue weighted by molar-refractivity contribution is 7.07. The average molecular weight is 472 g/mol. The Kier molecular flexibility index (Phi) is 6.55. The van der Waals surface area contributed by atoms with Gasteiger partial charge in [-0.15, -0.1) is 11.3 Å². The highest BCUT2D eigenvalue weighted by Gasteiger charge is 2.17. The zero-order valence-electron chi connectivity index (χ0n) is 17.6. The van der Waals surface area contributed by atoms with Gasteiger partial charge in [0.1, 0.15) is 10.7 Å². The van der Waals surface area contributed by atoms with Crippen molar-refractivity contribution in [2.75, 3.05) is 5.32 Å². The maximum Gasteiger partial charge on any atom is 0.273 e. The summed E-state index contributed by atoms with van der Waals surface area (Å²) in [6, 6.07) is 25.3. The van der Waals surface area contributed by atoms with Gasteiger partial charge in [-0.05, 0) is 48.9 Å². The Morgan fingerprint density at radius 2 is 1.79 bits per heavy atom. The first-order valence-electron chi connectivity index (χ1n) is 10.0. The first-order chi connectivity index (χ1) is 16.0. The molecule has 0 unspecified atom stereocenters. The van der Waals surface area contributed by atoms with Gasteiger partial charge in [0.15, 0.2) is 5.57 Å². The fourth-order valence-electron chi connectivity index (χ4n) is 3.23. The number of rotatable bonds is 4. The molecule has 162 valence electrons. The van der Waals surface area contributed by atoms with Crippen LogP contribution < -0.4 is 20.1 Å². The van der Waals surface area contributed by atoms with E-state index in [1.807, 2.05) is 43.3 Å². The fraction of sp³-hybridized carbons (Fsp3) is 0.0385. The molecule has 0 spiro atoms. The first kappa shape index (κ1) is 22.3. The number of hydrogen-bond acceptors (Lipinski definition) is 4. The Labute approximate surface area is 199 Å². The summed E-state index contributed by atoms with van der Waals surface area (Å²) in [5.41, 5.74) is 2.53.